The summed E-state index contributed by atoms with van der Waals surface area (Å²) >= 11 is 0. The molecule has 7 rings (SSSR count). The van der Waals surface area contributed by atoms with Gasteiger partial charge in [-0.3, -0.25) is 33.9 Å². The van der Waals surface area contributed by atoms with Gasteiger partial charge < -0.3 is 60.5 Å². The summed E-state index contributed by atoms with van der Waals surface area (Å²) in [6, 6.07) is 12.6. The number of imide groups is 1. The van der Waals surface area contributed by atoms with Crippen molar-refractivity contribution < 1.29 is 72.3 Å². The van der Waals surface area contributed by atoms with Crippen LogP contribution in [0.15, 0.2) is 60.8 Å². The molecular formula is C50H70N10O15P+. The van der Waals surface area contributed by atoms with Gasteiger partial charge in [-0.25, -0.2) is 4.98 Å². The molecule has 4 amide bonds. The van der Waals surface area contributed by atoms with E-state index in [0.29, 0.717) is 24.5 Å². The monoisotopic (exact) mass is 1080 g/mol. The molecule has 0 bridgehead atoms. The second kappa shape index (κ2) is 27.9. The summed E-state index contributed by atoms with van der Waals surface area (Å²) in [5.74, 6) is -0.105. The van der Waals surface area contributed by atoms with Crippen LogP contribution in [-0.2, 0) is 57.4 Å². The standard InChI is InChI=1S/C50H69N10O15P/c1-3-4-5-15-53-48-45-36(55-50(51)56-48)13-17-59(45)30-35-8-6-33(28-40(35)70-2)29-58-20-18-57(19-21-58)22-26-73-76(68,69)74-31-34-7-9-39(75-49-47(67)46(66)38(61)32-72-49)37(27-34)54-42(63)12-16-52-41(62)14-24-71-25-23-60-43(64)10-11-44(60)65/h6-11,13,17,27-28,38,46-47,49,61,66-69H,3-5,12,14-16,18-26,29-32H2,1-2H3,(H4-,51,52,53,54,55,56,62,63)/p+1/t38?,46-,47+,49-/m0/s1. The molecule has 1 unspecified atom stereocenters. The molecule has 25 nitrogen and oxygen atoms in total. The largest absolute Gasteiger partial charge is 0.570 e. The van der Waals surface area contributed by atoms with Crippen LogP contribution in [0.25, 0.3) is 11.0 Å². The Morgan fingerprint density at radius 3 is 2.36 bits per heavy atom. The molecule has 26 heteroatoms. The molecule has 76 heavy (non-hydrogen) atoms. The number of carbonyl (C=O) groups is 4. The molecule has 0 aliphatic carbocycles. The van der Waals surface area contributed by atoms with E-state index < -0.39 is 56.4 Å². The number of carbonyl (C=O) groups excluding carboxylic acids is 4. The topological polar surface area (TPSA) is 327 Å². The van der Waals surface area contributed by atoms with Gasteiger partial charge in [0.25, 0.3) is 11.8 Å². The predicted molar refractivity (Wildman–Crippen MR) is 278 cm³/mol. The summed E-state index contributed by atoms with van der Waals surface area (Å²) in [7, 11) is -2.64. The smallest absolute Gasteiger partial charge is 0.496 e. The number of ether oxygens (including phenoxy) is 4. The molecule has 0 saturated carbocycles. The van der Waals surface area contributed by atoms with Crippen LogP contribution in [0.4, 0.5) is 17.5 Å². The lowest BCUT2D eigenvalue weighted by Gasteiger charge is -2.35. The Bertz CT molecular complexity index is 2620. The van der Waals surface area contributed by atoms with Crippen LogP contribution in [0.2, 0.25) is 0 Å². The summed E-state index contributed by atoms with van der Waals surface area (Å²) in [6.07, 6.45) is 1.40. The SMILES string of the molecule is CCCCCNc1nc(N)nc2ccn(Cc3ccc(CN4CCN(CCO[P+](O)(O)OCc5ccc(O[C@@H]6OCC(O)[C@H](O)[C@H]6O)c(NC(=O)CCNC(=O)CCOCCN6C(=O)C=CC6=O)c5)CC4)cc3OC)c12. The van der Waals surface area contributed by atoms with E-state index in [2.05, 4.69) is 65.4 Å². The Morgan fingerprint density at radius 2 is 1.59 bits per heavy atom. The number of benzene rings is 2. The highest BCUT2D eigenvalue weighted by atomic mass is 31.2. The minimum absolute atomic E-state index is 0.00227. The number of aliphatic hydroxyl groups is 3. The zero-order chi connectivity index (χ0) is 54.2. The van der Waals surface area contributed by atoms with E-state index in [1.807, 2.05) is 12.3 Å². The van der Waals surface area contributed by atoms with Crippen molar-refractivity contribution in [2.75, 3.05) is 102 Å². The third-order valence-corrected chi connectivity index (χ3v) is 13.8. The number of anilines is 3. The molecule has 0 spiro atoms. The fourth-order valence-corrected chi connectivity index (χ4v) is 9.35. The first-order chi connectivity index (χ1) is 36.6. The number of aromatic nitrogens is 3. The molecular weight excluding hydrogens is 1010 g/mol. The van der Waals surface area contributed by atoms with Gasteiger partial charge in [-0.05, 0) is 41.8 Å². The molecule has 2 aromatic heterocycles. The van der Waals surface area contributed by atoms with Crippen LogP contribution in [0.1, 0.15) is 55.7 Å². The second-order valence-corrected chi connectivity index (χ2v) is 20.0. The number of hydrogen-bond donors (Lipinski definition) is 9. The van der Waals surface area contributed by atoms with Crippen molar-refractivity contribution in [1.29, 1.82) is 0 Å². The number of nitrogen functional groups attached to an aromatic ring is 1. The molecule has 5 heterocycles. The van der Waals surface area contributed by atoms with Crippen molar-refractivity contribution >= 4 is 60.3 Å². The number of aliphatic hydroxyl groups excluding tert-OH is 3. The minimum Gasteiger partial charge on any atom is -0.496 e. The third kappa shape index (κ3) is 16.5. The first-order valence-electron chi connectivity index (χ1n) is 25.3. The Balaban J connectivity index is 0.846. The van der Waals surface area contributed by atoms with E-state index in [-0.39, 0.29) is 76.4 Å². The number of unbranched alkanes of at least 4 members (excludes halogenated alkanes) is 2. The number of rotatable bonds is 29. The number of nitrogens with two attached hydrogens (primary N) is 1. The maximum atomic E-state index is 13.1. The van der Waals surface area contributed by atoms with Crippen molar-refractivity contribution in [2.45, 2.75) is 83.3 Å². The Hall–Kier alpha value is -5.93. The number of piperazine rings is 1. The van der Waals surface area contributed by atoms with Gasteiger partial charge in [0.1, 0.15) is 48.5 Å². The van der Waals surface area contributed by atoms with Crippen molar-refractivity contribution in [3.63, 3.8) is 0 Å². The molecule has 4 aromatic rings. The lowest BCUT2D eigenvalue weighted by molar-refractivity contribution is -0.241. The van der Waals surface area contributed by atoms with Crippen LogP contribution in [-0.4, -0.2) is 188 Å². The predicted octanol–water partition coefficient (Wildman–Crippen LogP) is 1.28. The molecule has 0 radical (unpaired) electrons. The average Bonchev–Trinajstić information content (AvgIpc) is 3.96. The van der Waals surface area contributed by atoms with E-state index in [4.69, 9.17) is 33.7 Å². The molecule has 3 aliphatic rings. The van der Waals surface area contributed by atoms with Crippen LogP contribution in [0.3, 0.4) is 0 Å². The highest BCUT2D eigenvalue weighted by Gasteiger charge is 2.41. The number of nitrogens with one attached hydrogen (secondary N) is 3. The van der Waals surface area contributed by atoms with Crippen molar-refractivity contribution in [3.8, 4) is 11.5 Å². The normalized spacial score (nSPS) is 19.4. The van der Waals surface area contributed by atoms with E-state index >= 15 is 0 Å². The molecule has 10 N–H and O–H groups in total. The summed E-state index contributed by atoms with van der Waals surface area (Å²) in [5, 5.41) is 39.3. The number of hydrogen-bond acceptors (Lipinski definition) is 21. The van der Waals surface area contributed by atoms with Crippen LogP contribution in [0, 0.1) is 0 Å². The van der Waals surface area contributed by atoms with Gasteiger partial charge in [-0.2, -0.15) is 19.3 Å². The molecule has 414 valence electrons. The molecule has 3 aliphatic heterocycles. The fraction of sp³-hybridized carbons (Fsp3) is 0.520. The molecule has 2 aromatic carbocycles. The highest BCUT2D eigenvalue weighted by molar-refractivity contribution is 7.54. The van der Waals surface area contributed by atoms with Crippen LogP contribution < -0.4 is 31.2 Å². The number of nitrogens with zero attached hydrogens (tertiary/aromatic N) is 6. The summed E-state index contributed by atoms with van der Waals surface area (Å²) in [4.78, 5) is 84.7. The second-order valence-electron chi connectivity index (χ2n) is 18.5. The lowest BCUT2D eigenvalue weighted by atomic mass is 10.1. The number of fused-ring (bicyclic) bond motifs is 1. The third-order valence-electron chi connectivity index (χ3n) is 12.9. The van der Waals surface area contributed by atoms with Gasteiger partial charge >= 0.3 is 8.17 Å². The zero-order valence-corrected chi connectivity index (χ0v) is 43.6. The zero-order valence-electron chi connectivity index (χ0n) is 42.8. The van der Waals surface area contributed by atoms with Gasteiger partial charge in [0.15, 0.2) is 5.82 Å². The molecule has 4 atom stereocenters. The van der Waals surface area contributed by atoms with E-state index in [0.717, 1.165) is 91.3 Å². The van der Waals surface area contributed by atoms with Gasteiger partial charge in [0.2, 0.25) is 24.1 Å². The lowest BCUT2D eigenvalue weighted by Crippen LogP contribution is -2.54. The first kappa shape index (κ1) is 57.8. The Kier molecular flexibility index (Phi) is 21.2. The van der Waals surface area contributed by atoms with Crippen molar-refractivity contribution in [1.82, 2.24) is 34.6 Å². The van der Waals surface area contributed by atoms with Gasteiger partial charge in [0, 0.05) is 89.1 Å². The quantitative estimate of drug-likeness (QED) is 0.0210. The number of methoxy groups -OCH3 is 1. The fourth-order valence-electron chi connectivity index (χ4n) is 8.64. The minimum atomic E-state index is -4.31. The van der Waals surface area contributed by atoms with Gasteiger partial charge in [-0.15, -0.1) is 4.52 Å². The van der Waals surface area contributed by atoms with Crippen LogP contribution in [0.5, 0.6) is 11.5 Å². The van der Waals surface area contributed by atoms with Crippen molar-refractivity contribution in [2.24, 2.45) is 0 Å². The van der Waals surface area contributed by atoms with Crippen molar-refractivity contribution in [3.05, 3.63) is 77.5 Å². The summed E-state index contributed by atoms with van der Waals surface area (Å²) in [6.45, 7) is 7.01. The van der Waals surface area contributed by atoms with E-state index in [1.54, 1.807) is 7.11 Å². The first-order valence-corrected chi connectivity index (χ1v) is 26.9. The Labute approximate surface area is 440 Å². The maximum Gasteiger partial charge on any atom is 0.570 e. The summed E-state index contributed by atoms with van der Waals surface area (Å²) in [5.41, 5.74) is 10.2. The van der Waals surface area contributed by atoms with E-state index in [9.17, 15) is 44.3 Å². The van der Waals surface area contributed by atoms with Crippen LogP contribution >= 0.6 is 8.17 Å². The summed E-state index contributed by atoms with van der Waals surface area (Å²) < 4.78 is 35.4. The maximum absolute atomic E-state index is 13.1. The Morgan fingerprint density at radius 1 is 0.829 bits per heavy atom. The highest BCUT2D eigenvalue weighted by Crippen LogP contribution is 2.53. The van der Waals surface area contributed by atoms with Gasteiger partial charge in [-0.1, -0.05) is 38.0 Å². The molecule has 2 saturated heterocycles. The van der Waals surface area contributed by atoms with E-state index in [1.165, 1.54) is 30.4 Å². The number of amides is 4. The van der Waals surface area contributed by atoms with Gasteiger partial charge in [0.05, 0.1) is 51.2 Å². The average molecular weight is 1080 g/mol. The molecule has 2 fully saturated rings.